The van der Waals surface area contributed by atoms with Crippen LogP contribution in [0.5, 0.6) is 0 Å². The van der Waals surface area contributed by atoms with E-state index in [1.165, 1.54) is 24.2 Å². The van der Waals surface area contributed by atoms with E-state index < -0.39 is 0 Å². The minimum Gasteiger partial charge on any atom is -0.287 e. The van der Waals surface area contributed by atoms with Crippen LogP contribution in [0.2, 0.25) is 0 Å². The normalized spacial score (nSPS) is 15.6. The van der Waals surface area contributed by atoms with E-state index in [9.17, 15) is 5.21 Å². The Morgan fingerprint density at radius 2 is 2.36 bits per heavy atom. The third-order valence-corrected chi connectivity index (χ3v) is 2.42. The third kappa shape index (κ3) is 1.85. The Hall–Kier alpha value is -1.16. The Morgan fingerprint density at radius 1 is 1.57 bits per heavy atom. The van der Waals surface area contributed by atoms with Crippen LogP contribution < -0.4 is 5.06 Å². The van der Waals surface area contributed by atoms with Crippen molar-refractivity contribution in [2.24, 2.45) is 0 Å². The molecule has 0 amide bonds. The van der Waals surface area contributed by atoms with Gasteiger partial charge >= 0.3 is 0 Å². The van der Waals surface area contributed by atoms with E-state index in [2.05, 4.69) is 9.97 Å². The number of hydrogen-bond acceptors (Lipinski definition) is 4. The van der Waals surface area contributed by atoms with Crippen molar-refractivity contribution >= 4 is 5.82 Å². The molecule has 0 spiro atoms. The second kappa shape index (κ2) is 3.92. The lowest BCUT2D eigenvalue weighted by Crippen LogP contribution is -2.21. The van der Waals surface area contributed by atoms with Crippen LogP contribution in [0.3, 0.4) is 0 Å². The Morgan fingerprint density at radius 3 is 3.00 bits per heavy atom. The van der Waals surface area contributed by atoms with E-state index in [0.717, 1.165) is 12.0 Å². The summed E-state index contributed by atoms with van der Waals surface area (Å²) in [6, 6.07) is 0. The average Bonchev–Trinajstić information content (AvgIpc) is 3.01. The molecule has 1 fully saturated rings. The van der Waals surface area contributed by atoms with Gasteiger partial charge in [-0.3, -0.25) is 5.21 Å². The van der Waals surface area contributed by atoms with E-state index in [1.807, 2.05) is 13.1 Å². The number of anilines is 1. The fraction of sp³-hybridized carbons (Fsp3) is 0.600. The van der Waals surface area contributed by atoms with E-state index in [0.29, 0.717) is 18.3 Å². The van der Waals surface area contributed by atoms with E-state index in [4.69, 9.17) is 0 Å². The third-order valence-electron chi connectivity index (χ3n) is 2.42. The SMILES string of the molecule is CCCN(O)c1ncncc1C1CC1. The maximum Gasteiger partial charge on any atom is 0.158 e. The standard InChI is InChI=1S/C10H15N3O/c1-2-5-13(14)10-9(8-3-4-8)6-11-7-12-10/h6-8,14H,2-5H2,1H3. The predicted molar refractivity (Wildman–Crippen MR) is 53.4 cm³/mol. The first-order valence-corrected chi connectivity index (χ1v) is 5.09. The highest BCUT2D eigenvalue weighted by Gasteiger charge is 2.28. The molecule has 14 heavy (non-hydrogen) atoms. The maximum atomic E-state index is 9.72. The molecule has 1 saturated carbocycles. The maximum absolute atomic E-state index is 9.72. The van der Waals surface area contributed by atoms with Gasteiger partial charge in [-0.25, -0.2) is 15.0 Å². The first-order valence-electron chi connectivity index (χ1n) is 5.09. The van der Waals surface area contributed by atoms with Gasteiger partial charge < -0.3 is 0 Å². The van der Waals surface area contributed by atoms with E-state index in [1.54, 1.807) is 0 Å². The molecule has 1 heterocycles. The Kier molecular flexibility index (Phi) is 2.63. The van der Waals surface area contributed by atoms with Crippen LogP contribution in [-0.2, 0) is 0 Å². The summed E-state index contributed by atoms with van der Waals surface area (Å²) in [6.45, 7) is 2.65. The van der Waals surface area contributed by atoms with Crippen LogP contribution in [0.25, 0.3) is 0 Å². The summed E-state index contributed by atoms with van der Waals surface area (Å²) >= 11 is 0. The van der Waals surface area contributed by atoms with Crippen molar-refractivity contribution in [1.82, 2.24) is 9.97 Å². The number of hydrogen-bond donors (Lipinski definition) is 1. The van der Waals surface area contributed by atoms with Gasteiger partial charge in [-0.1, -0.05) is 6.92 Å². The van der Waals surface area contributed by atoms with Crippen LogP contribution in [0.4, 0.5) is 5.82 Å². The van der Waals surface area contributed by atoms with Gasteiger partial charge in [0.05, 0.1) is 0 Å². The van der Waals surface area contributed by atoms with Gasteiger partial charge in [0.25, 0.3) is 0 Å². The number of rotatable bonds is 4. The molecule has 1 N–H and O–H groups in total. The fourth-order valence-electron chi connectivity index (χ4n) is 1.55. The summed E-state index contributed by atoms with van der Waals surface area (Å²) in [5, 5.41) is 11.0. The predicted octanol–water partition coefficient (Wildman–Crippen LogP) is 1.96. The lowest BCUT2D eigenvalue weighted by atomic mass is 10.2. The molecular weight excluding hydrogens is 178 g/mol. The minimum atomic E-state index is 0.567. The summed E-state index contributed by atoms with van der Waals surface area (Å²) < 4.78 is 0. The molecule has 1 aromatic rings. The molecule has 1 aliphatic rings. The van der Waals surface area contributed by atoms with Gasteiger partial charge in [-0.2, -0.15) is 0 Å². The molecule has 0 atom stereocenters. The van der Waals surface area contributed by atoms with Crippen molar-refractivity contribution in [1.29, 1.82) is 0 Å². The van der Waals surface area contributed by atoms with Crippen molar-refractivity contribution in [2.75, 3.05) is 11.6 Å². The molecule has 0 aromatic carbocycles. The monoisotopic (exact) mass is 193 g/mol. The minimum absolute atomic E-state index is 0.567. The number of aromatic nitrogens is 2. The van der Waals surface area contributed by atoms with Crippen molar-refractivity contribution in [3.05, 3.63) is 18.1 Å². The number of nitrogens with zero attached hydrogens (tertiary/aromatic N) is 3. The first kappa shape index (κ1) is 9.40. The van der Waals surface area contributed by atoms with Gasteiger partial charge in [0, 0.05) is 18.3 Å². The summed E-state index contributed by atoms with van der Waals surface area (Å²) in [6.07, 6.45) is 6.60. The highest BCUT2D eigenvalue weighted by atomic mass is 16.5. The van der Waals surface area contributed by atoms with Gasteiger partial charge in [0.2, 0.25) is 0 Å². The quantitative estimate of drug-likeness (QED) is 0.742. The zero-order chi connectivity index (χ0) is 9.97. The van der Waals surface area contributed by atoms with Gasteiger partial charge in [-0.15, -0.1) is 0 Å². The highest BCUT2D eigenvalue weighted by Crippen LogP contribution is 2.42. The van der Waals surface area contributed by atoms with Crippen LogP contribution in [0, 0.1) is 0 Å². The smallest absolute Gasteiger partial charge is 0.158 e. The molecule has 76 valence electrons. The molecule has 1 aromatic heterocycles. The number of hydroxylamine groups is 1. The van der Waals surface area contributed by atoms with Crippen LogP contribution >= 0.6 is 0 Å². The van der Waals surface area contributed by atoms with E-state index >= 15 is 0 Å². The van der Waals surface area contributed by atoms with Crippen LogP contribution in [0.1, 0.15) is 37.7 Å². The lowest BCUT2D eigenvalue weighted by Gasteiger charge is -2.17. The Labute approximate surface area is 83.6 Å². The van der Waals surface area contributed by atoms with Crippen LogP contribution in [-0.4, -0.2) is 21.7 Å². The summed E-state index contributed by atoms with van der Waals surface area (Å²) in [4.78, 5) is 8.12. The fourth-order valence-corrected chi connectivity index (χ4v) is 1.55. The van der Waals surface area contributed by atoms with Gasteiger partial charge in [0.15, 0.2) is 5.82 Å². The molecule has 2 rings (SSSR count). The van der Waals surface area contributed by atoms with Crippen molar-refractivity contribution in [3.8, 4) is 0 Å². The Balaban J connectivity index is 2.21. The molecule has 0 radical (unpaired) electrons. The summed E-state index contributed by atoms with van der Waals surface area (Å²) in [5.41, 5.74) is 1.09. The molecular formula is C10H15N3O. The second-order valence-electron chi connectivity index (χ2n) is 3.70. The largest absolute Gasteiger partial charge is 0.287 e. The molecule has 0 bridgehead atoms. The first-order chi connectivity index (χ1) is 6.83. The van der Waals surface area contributed by atoms with Gasteiger partial charge in [-0.05, 0) is 25.2 Å². The second-order valence-corrected chi connectivity index (χ2v) is 3.70. The Bertz CT molecular complexity index is 312. The van der Waals surface area contributed by atoms with Crippen molar-refractivity contribution in [2.45, 2.75) is 32.1 Å². The topological polar surface area (TPSA) is 49.2 Å². The van der Waals surface area contributed by atoms with Crippen molar-refractivity contribution < 1.29 is 5.21 Å². The molecule has 0 unspecified atom stereocenters. The molecule has 4 heteroatoms. The highest BCUT2D eigenvalue weighted by molar-refractivity contribution is 5.46. The van der Waals surface area contributed by atoms with Gasteiger partial charge in [0.1, 0.15) is 6.33 Å². The molecule has 0 aliphatic heterocycles. The zero-order valence-electron chi connectivity index (χ0n) is 8.35. The van der Waals surface area contributed by atoms with Crippen molar-refractivity contribution in [3.63, 3.8) is 0 Å². The van der Waals surface area contributed by atoms with E-state index in [-0.39, 0.29) is 0 Å². The lowest BCUT2D eigenvalue weighted by molar-refractivity contribution is 0.250. The molecule has 1 aliphatic carbocycles. The molecule has 4 nitrogen and oxygen atoms in total. The summed E-state index contributed by atoms with van der Waals surface area (Å²) in [7, 11) is 0. The molecule has 0 saturated heterocycles. The summed E-state index contributed by atoms with van der Waals surface area (Å²) in [5.74, 6) is 1.25. The zero-order valence-corrected chi connectivity index (χ0v) is 8.35. The average molecular weight is 193 g/mol. The van der Waals surface area contributed by atoms with Crippen LogP contribution in [0.15, 0.2) is 12.5 Å².